The van der Waals surface area contributed by atoms with Crippen molar-refractivity contribution in [2.24, 2.45) is 10.2 Å². The van der Waals surface area contributed by atoms with E-state index in [0.717, 1.165) is 46.8 Å². The number of nitrogens with one attached hydrogen (secondary N) is 2. The van der Waals surface area contributed by atoms with Crippen molar-refractivity contribution in [3.05, 3.63) is 168 Å². The normalized spacial score (nSPS) is 11.7. The van der Waals surface area contributed by atoms with E-state index in [0.29, 0.717) is 0 Å². The molecule has 0 unspecified atom stereocenters. The third kappa shape index (κ3) is 7.05. The summed E-state index contributed by atoms with van der Waals surface area (Å²) in [6.45, 7) is 0. The van der Waals surface area contributed by atoms with Gasteiger partial charge in [-0.25, -0.2) is 0 Å². The molecule has 2 N–H and O–H groups in total. The minimum Gasteiger partial charge on any atom is -0.278 e. The molecule has 5 aromatic carbocycles. The highest BCUT2D eigenvalue weighted by Crippen LogP contribution is 2.17. The van der Waals surface area contributed by atoms with Gasteiger partial charge in [0.1, 0.15) is 0 Å². The lowest BCUT2D eigenvalue weighted by Crippen LogP contribution is -2.09. The highest BCUT2D eigenvalue weighted by molar-refractivity contribution is 6.03. The molecule has 0 fully saturated rings. The Bertz CT molecular complexity index is 1370. The number of rotatable bonds is 10. The molecule has 5 aromatic rings. The van der Waals surface area contributed by atoms with Gasteiger partial charge in [0.2, 0.25) is 0 Å². The van der Waals surface area contributed by atoms with Crippen molar-refractivity contribution in [2.45, 2.75) is 12.8 Å². The summed E-state index contributed by atoms with van der Waals surface area (Å²) in [6, 6.07) is 49.4. The second kappa shape index (κ2) is 12.8. The Morgan fingerprint density at radius 1 is 0.421 bits per heavy atom. The van der Waals surface area contributed by atoms with Crippen LogP contribution in [0.25, 0.3) is 0 Å². The molecule has 0 aliphatic carbocycles. The van der Waals surface area contributed by atoms with Crippen LogP contribution < -0.4 is 10.9 Å². The molecule has 0 atom stereocenters. The molecule has 0 aliphatic heterocycles. The van der Waals surface area contributed by atoms with Crippen molar-refractivity contribution in [3.8, 4) is 0 Å². The Morgan fingerprint density at radius 2 is 0.789 bits per heavy atom. The van der Waals surface area contributed by atoms with Crippen molar-refractivity contribution in [1.29, 1.82) is 0 Å². The van der Waals surface area contributed by atoms with Crippen LogP contribution >= 0.6 is 0 Å². The molecule has 0 saturated heterocycles. The Kier molecular flexibility index (Phi) is 8.35. The van der Waals surface area contributed by atoms with E-state index in [2.05, 4.69) is 83.6 Å². The third-order valence-electron chi connectivity index (χ3n) is 6.15. The molecule has 0 aliphatic rings. The van der Waals surface area contributed by atoms with Gasteiger partial charge >= 0.3 is 0 Å². The predicted molar refractivity (Wildman–Crippen MR) is 160 cm³/mol. The third-order valence-corrected chi connectivity index (χ3v) is 6.15. The van der Waals surface area contributed by atoms with Crippen LogP contribution in [-0.4, -0.2) is 11.4 Å². The quantitative estimate of drug-likeness (QED) is 0.154. The number of anilines is 2. The fourth-order valence-electron chi connectivity index (χ4n) is 4.17. The van der Waals surface area contributed by atoms with E-state index in [1.807, 2.05) is 72.8 Å². The van der Waals surface area contributed by atoms with E-state index >= 15 is 0 Å². The number of benzene rings is 5. The molecular formula is C34H30N4. The van der Waals surface area contributed by atoms with Gasteiger partial charge in [-0.3, -0.25) is 10.9 Å². The van der Waals surface area contributed by atoms with Crippen LogP contribution in [0.15, 0.2) is 156 Å². The van der Waals surface area contributed by atoms with Gasteiger partial charge in [0.05, 0.1) is 22.8 Å². The molecule has 186 valence electrons. The van der Waals surface area contributed by atoms with Crippen molar-refractivity contribution in [3.63, 3.8) is 0 Å². The average Bonchev–Trinajstić information content (AvgIpc) is 2.99. The van der Waals surface area contributed by atoms with Crippen LogP contribution in [0.1, 0.15) is 22.3 Å². The fraction of sp³-hybridized carbons (Fsp3) is 0.0588. The van der Waals surface area contributed by atoms with Crippen molar-refractivity contribution in [1.82, 2.24) is 0 Å². The number of hydrogen-bond donors (Lipinski definition) is 2. The zero-order valence-electron chi connectivity index (χ0n) is 21.2. The largest absolute Gasteiger partial charge is 0.278 e. The summed E-state index contributed by atoms with van der Waals surface area (Å²) in [5.74, 6) is 0. The molecule has 0 aromatic heterocycles. The summed E-state index contributed by atoms with van der Waals surface area (Å²) in [6.07, 6.45) is 1.47. The van der Waals surface area contributed by atoms with E-state index in [9.17, 15) is 0 Å². The first-order chi connectivity index (χ1) is 18.8. The first-order valence-electron chi connectivity index (χ1n) is 12.8. The minimum absolute atomic E-state index is 0.736. The lowest BCUT2D eigenvalue weighted by molar-refractivity contribution is 1.23. The second-order valence-electron chi connectivity index (χ2n) is 8.98. The average molecular weight is 495 g/mol. The Labute approximate surface area is 224 Å². The van der Waals surface area contributed by atoms with E-state index in [-0.39, 0.29) is 0 Å². The van der Waals surface area contributed by atoms with Crippen molar-refractivity contribution >= 4 is 22.8 Å². The lowest BCUT2D eigenvalue weighted by Gasteiger charge is -2.11. The Morgan fingerprint density at radius 3 is 1.18 bits per heavy atom. The molecule has 0 saturated carbocycles. The van der Waals surface area contributed by atoms with Gasteiger partial charge in [-0.15, -0.1) is 0 Å². The zero-order chi connectivity index (χ0) is 25.8. The summed E-state index contributed by atoms with van der Waals surface area (Å²) in [5.41, 5.74) is 14.9. The maximum Gasteiger partial charge on any atom is 0.0723 e. The van der Waals surface area contributed by atoms with Gasteiger partial charge < -0.3 is 0 Å². The van der Waals surface area contributed by atoms with Crippen molar-refractivity contribution < 1.29 is 0 Å². The topological polar surface area (TPSA) is 48.8 Å². The van der Waals surface area contributed by atoms with Crippen LogP contribution in [-0.2, 0) is 12.8 Å². The standard InChI is InChI=1S/C34H30N4/c1-5-14-27(15-6-1)24-33(29-18-9-3-10-19-29)37-35-31-22-13-23-32(26-31)36-38-34(30-20-11-4-12-21-30)25-28-16-7-2-8-17-28/h1-23,26,35-36H,24-25H2. The van der Waals surface area contributed by atoms with Gasteiger partial charge in [0.25, 0.3) is 0 Å². The van der Waals surface area contributed by atoms with Crippen LogP contribution in [0, 0.1) is 0 Å². The molecule has 0 bridgehead atoms. The van der Waals surface area contributed by atoms with Gasteiger partial charge in [-0.05, 0) is 40.5 Å². The summed E-state index contributed by atoms with van der Waals surface area (Å²) in [4.78, 5) is 0. The van der Waals surface area contributed by atoms with Crippen LogP contribution in [0.2, 0.25) is 0 Å². The predicted octanol–water partition coefficient (Wildman–Crippen LogP) is 7.80. The smallest absolute Gasteiger partial charge is 0.0723 e. The first-order valence-corrected chi connectivity index (χ1v) is 12.8. The van der Waals surface area contributed by atoms with E-state index in [1.165, 1.54) is 11.1 Å². The Balaban J connectivity index is 1.35. The second-order valence-corrected chi connectivity index (χ2v) is 8.98. The highest BCUT2D eigenvalue weighted by atomic mass is 15.3. The van der Waals surface area contributed by atoms with E-state index in [4.69, 9.17) is 10.2 Å². The maximum absolute atomic E-state index is 4.80. The summed E-state index contributed by atoms with van der Waals surface area (Å²) in [5, 5.41) is 9.60. The molecule has 4 heteroatoms. The number of hydrazone groups is 2. The lowest BCUT2D eigenvalue weighted by atomic mass is 10.0. The van der Waals surface area contributed by atoms with E-state index in [1.54, 1.807) is 0 Å². The molecule has 4 nitrogen and oxygen atoms in total. The van der Waals surface area contributed by atoms with Crippen LogP contribution in [0.3, 0.4) is 0 Å². The fourth-order valence-corrected chi connectivity index (χ4v) is 4.17. The molecule has 0 amide bonds. The molecular weight excluding hydrogens is 464 g/mol. The van der Waals surface area contributed by atoms with Crippen molar-refractivity contribution in [2.75, 3.05) is 10.9 Å². The molecule has 38 heavy (non-hydrogen) atoms. The number of hydrogen-bond acceptors (Lipinski definition) is 4. The monoisotopic (exact) mass is 494 g/mol. The minimum atomic E-state index is 0.736. The SMILES string of the molecule is c1ccc(CC(=NNc2cccc(NN=C(Cc3ccccc3)c3ccccc3)c2)c2ccccc2)cc1. The van der Waals surface area contributed by atoms with Crippen LogP contribution in [0.5, 0.6) is 0 Å². The summed E-state index contributed by atoms with van der Waals surface area (Å²) >= 11 is 0. The van der Waals surface area contributed by atoms with Gasteiger partial charge in [-0.2, -0.15) is 10.2 Å². The molecule has 0 heterocycles. The number of nitrogens with zero attached hydrogens (tertiary/aromatic N) is 2. The summed E-state index contributed by atoms with van der Waals surface area (Å²) < 4.78 is 0. The Hall–Kier alpha value is -4.96. The molecule has 0 spiro atoms. The van der Waals surface area contributed by atoms with Gasteiger partial charge in [0.15, 0.2) is 0 Å². The summed E-state index contributed by atoms with van der Waals surface area (Å²) in [7, 11) is 0. The van der Waals surface area contributed by atoms with Gasteiger partial charge in [0, 0.05) is 12.8 Å². The highest BCUT2D eigenvalue weighted by Gasteiger charge is 2.07. The van der Waals surface area contributed by atoms with E-state index < -0.39 is 0 Å². The molecule has 0 radical (unpaired) electrons. The van der Waals surface area contributed by atoms with Gasteiger partial charge in [-0.1, -0.05) is 127 Å². The first kappa shape index (κ1) is 24.7. The maximum atomic E-state index is 4.80. The zero-order valence-corrected chi connectivity index (χ0v) is 21.2. The van der Waals surface area contributed by atoms with Crippen LogP contribution in [0.4, 0.5) is 11.4 Å². The molecule has 5 rings (SSSR count).